The van der Waals surface area contributed by atoms with E-state index in [9.17, 15) is 14.4 Å². The van der Waals surface area contributed by atoms with Crippen LogP contribution in [0.25, 0.3) is 0 Å². The van der Waals surface area contributed by atoms with Gasteiger partial charge in [-0.1, -0.05) is 19.9 Å². The third-order valence-corrected chi connectivity index (χ3v) is 2.82. The van der Waals surface area contributed by atoms with Crippen LogP contribution in [0.1, 0.15) is 40.0 Å². The first-order chi connectivity index (χ1) is 9.29. The summed E-state index contributed by atoms with van der Waals surface area (Å²) < 4.78 is 0. The Labute approximate surface area is 119 Å². The van der Waals surface area contributed by atoms with Crippen LogP contribution >= 0.6 is 0 Å². The van der Waals surface area contributed by atoms with E-state index in [0.717, 1.165) is 0 Å². The lowest BCUT2D eigenvalue weighted by Crippen LogP contribution is -2.53. The molecule has 114 valence electrons. The normalized spacial score (nSPS) is 13.4. The summed E-state index contributed by atoms with van der Waals surface area (Å²) >= 11 is 0. The Hall–Kier alpha value is -1.85. The minimum absolute atomic E-state index is 0.124. The number of carboxylic acids is 1. The number of unbranched alkanes of at least 4 members (excludes halogenated alkanes) is 1. The maximum Gasteiger partial charge on any atom is 0.326 e. The van der Waals surface area contributed by atoms with Gasteiger partial charge in [-0.05, 0) is 25.2 Å². The highest BCUT2D eigenvalue weighted by molar-refractivity contribution is 5.90. The van der Waals surface area contributed by atoms with Crippen LogP contribution in [0.4, 0.5) is 0 Å². The quantitative estimate of drug-likeness (QED) is 0.436. The second kappa shape index (κ2) is 9.12. The molecule has 0 aromatic rings. The zero-order valence-corrected chi connectivity index (χ0v) is 12.3. The summed E-state index contributed by atoms with van der Waals surface area (Å²) in [7, 11) is 0. The van der Waals surface area contributed by atoms with Crippen molar-refractivity contribution in [3.63, 3.8) is 0 Å². The van der Waals surface area contributed by atoms with Gasteiger partial charge in [-0.15, -0.1) is 6.58 Å². The molecule has 2 atom stereocenters. The van der Waals surface area contributed by atoms with Crippen molar-refractivity contribution in [1.29, 1.82) is 0 Å². The molecular weight excluding hydrogens is 260 g/mol. The summed E-state index contributed by atoms with van der Waals surface area (Å²) in [6.07, 6.45) is 3.36. The Bertz CT molecular complexity index is 366. The van der Waals surface area contributed by atoms with E-state index in [1.807, 2.05) is 0 Å². The minimum atomic E-state index is -1.08. The smallest absolute Gasteiger partial charge is 0.326 e. The molecular formula is C14H24N2O4. The van der Waals surface area contributed by atoms with Crippen LogP contribution in [0, 0.1) is 5.92 Å². The third kappa shape index (κ3) is 6.92. The number of nitrogens with one attached hydrogen (secondary N) is 2. The molecule has 0 bridgehead atoms. The number of amides is 2. The van der Waals surface area contributed by atoms with Crippen molar-refractivity contribution in [2.45, 2.75) is 52.1 Å². The molecule has 6 heteroatoms. The predicted molar refractivity (Wildman–Crippen MR) is 76.1 cm³/mol. The molecule has 0 radical (unpaired) electrons. The van der Waals surface area contributed by atoms with Crippen LogP contribution in [0.5, 0.6) is 0 Å². The summed E-state index contributed by atoms with van der Waals surface area (Å²) in [6, 6.07) is -1.67. The van der Waals surface area contributed by atoms with Gasteiger partial charge in [0.1, 0.15) is 12.1 Å². The van der Waals surface area contributed by atoms with Gasteiger partial charge in [-0.25, -0.2) is 4.79 Å². The van der Waals surface area contributed by atoms with E-state index < -0.39 is 24.0 Å². The second-order valence-corrected chi connectivity index (χ2v) is 5.04. The topological polar surface area (TPSA) is 95.5 Å². The van der Waals surface area contributed by atoms with Crippen molar-refractivity contribution in [2.75, 3.05) is 0 Å². The predicted octanol–water partition coefficient (Wildman–Crippen LogP) is 1.07. The van der Waals surface area contributed by atoms with Gasteiger partial charge in [-0.3, -0.25) is 9.59 Å². The van der Waals surface area contributed by atoms with Crippen molar-refractivity contribution in [3.05, 3.63) is 12.7 Å². The molecule has 0 aliphatic carbocycles. The van der Waals surface area contributed by atoms with Crippen LogP contribution in [0.2, 0.25) is 0 Å². The SMILES string of the molecule is C=CCCC[C@@H](NC(=O)[C@H](NC(C)=O)C(C)C)C(=O)O. The van der Waals surface area contributed by atoms with Gasteiger partial charge in [0.2, 0.25) is 11.8 Å². The minimum Gasteiger partial charge on any atom is -0.480 e. The highest BCUT2D eigenvalue weighted by Gasteiger charge is 2.27. The molecule has 0 aromatic carbocycles. The maximum atomic E-state index is 12.1. The average Bonchev–Trinajstić information content (AvgIpc) is 2.33. The molecule has 0 heterocycles. The van der Waals surface area contributed by atoms with Crippen molar-refractivity contribution in [2.24, 2.45) is 5.92 Å². The van der Waals surface area contributed by atoms with Crippen LogP contribution < -0.4 is 10.6 Å². The number of hydrogen-bond acceptors (Lipinski definition) is 3. The average molecular weight is 284 g/mol. The van der Waals surface area contributed by atoms with Crippen molar-refractivity contribution in [1.82, 2.24) is 10.6 Å². The Morgan fingerprint density at radius 2 is 1.85 bits per heavy atom. The van der Waals surface area contributed by atoms with E-state index in [1.54, 1.807) is 19.9 Å². The van der Waals surface area contributed by atoms with Gasteiger partial charge in [0, 0.05) is 6.92 Å². The van der Waals surface area contributed by atoms with Crippen LogP contribution in [-0.2, 0) is 14.4 Å². The van der Waals surface area contributed by atoms with Gasteiger partial charge in [0.25, 0.3) is 0 Å². The molecule has 0 fully saturated rings. The molecule has 0 saturated carbocycles. The fourth-order valence-electron chi connectivity index (χ4n) is 1.74. The summed E-state index contributed by atoms with van der Waals surface area (Å²) in [5, 5.41) is 14.1. The second-order valence-electron chi connectivity index (χ2n) is 5.04. The fourth-order valence-corrected chi connectivity index (χ4v) is 1.74. The van der Waals surface area contributed by atoms with Gasteiger partial charge < -0.3 is 15.7 Å². The number of rotatable bonds is 9. The monoisotopic (exact) mass is 284 g/mol. The molecule has 3 N–H and O–H groups in total. The Morgan fingerprint density at radius 3 is 2.25 bits per heavy atom. The van der Waals surface area contributed by atoms with E-state index in [1.165, 1.54) is 6.92 Å². The van der Waals surface area contributed by atoms with Crippen molar-refractivity contribution >= 4 is 17.8 Å². The lowest BCUT2D eigenvalue weighted by atomic mass is 10.0. The summed E-state index contributed by atoms with van der Waals surface area (Å²) in [5.74, 6) is -1.99. The number of carbonyl (C=O) groups excluding carboxylic acids is 2. The van der Waals surface area contributed by atoms with Gasteiger partial charge in [-0.2, -0.15) is 0 Å². The number of carboxylic acid groups (broad SMARTS) is 1. The molecule has 0 unspecified atom stereocenters. The molecule has 0 rings (SSSR count). The Morgan fingerprint density at radius 1 is 1.25 bits per heavy atom. The number of carbonyl (C=O) groups is 3. The largest absolute Gasteiger partial charge is 0.480 e. The number of allylic oxidation sites excluding steroid dienone is 1. The lowest BCUT2D eigenvalue weighted by Gasteiger charge is -2.23. The summed E-state index contributed by atoms with van der Waals surface area (Å²) in [4.78, 5) is 34.2. The number of hydrogen-bond donors (Lipinski definition) is 3. The van der Waals surface area contributed by atoms with E-state index in [4.69, 9.17) is 5.11 Å². The van der Waals surface area contributed by atoms with Crippen LogP contribution in [0.3, 0.4) is 0 Å². The Kier molecular flexibility index (Phi) is 8.27. The maximum absolute atomic E-state index is 12.1. The molecule has 0 spiro atoms. The molecule has 2 amide bonds. The zero-order chi connectivity index (χ0) is 15.7. The summed E-state index contributed by atoms with van der Waals surface area (Å²) in [6.45, 7) is 8.46. The first kappa shape index (κ1) is 18.1. The van der Waals surface area contributed by atoms with E-state index in [0.29, 0.717) is 19.3 Å². The highest BCUT2D eigenvalue weighted by Crippen LogP contribution is 2.06. The molecule has 0 saturated heterocycles. The van der Waals surface area contributed by atoms with E-state index in [-0.39, 0.29) is 11.8 Å². The zero-order valence-electron chi connectivity index (χ0n) is 12.3. The fraction of sp³-hybridized carbons (Fsp3) is 0.643. The van der Waals surface area contributed by atoms with Crippen LogP contribution in [0.15, 0.2) is 12.7 Å². The van der Waals surface area contributed by atoms with Crippen molar-refractivity contribution < 1.29 is 19.5 Å². The van der Waals surface area contributed by atoms with E-state index >= 15 is 0 Å². The van der Waals surface area contributed by atoms with Gasteiger partial charge >= 0.3 is 5.97 Å². The Balaban J connectivity index is 4.65. The first-order valence-electron chi connectivity index (χ1n) is 6.70. The molecule has 0 aromatic heterocycles. The standard InChI is InChI=1S/C14H24N2O4/c1-5-6-7-8-11(14(19)20)16-13(18)12(9(2)3)15-10(4)17/h5,9,11-12H,1,6-8H2,2-4H3,(H,15,17)(H,16,18)(H,19,20)/t11-,12-/m1/s1. The highest BCUT2D eigenvalue weighted by atomic mass is 16.4. The van der Waals surface area contributed by atoms with E-state index in [2.05, 4.69) is 17.2 Å². The first-order valence-corrected chi connectivity index (χ1v) is 6.70. The molecule has 6 nitrogen and oxygen atoms in total. The van der Waals surface area contributed by atoms with Gasteiger partial charge in [0.05, 0.1) is 0 Å². The lowest BCUT2D eigenvalue weighted by molar-refractivity contribution is -0.142. The molecule has 0 aliphatic rings. The summed E-state index contributed by atoms with van der Waals surface area (Å²) in [5.41, 5.74) is 0. The molecule has 20 heavy (non-hydrogen) atoms. The molecule has 0 aliphatic heterocycles. The third-order valence-electron chi connectivity index (χ3n) is 2.82. The van der Waals surface area contributed by atoms with Crippen molar-refractivity contribution in [3.8, 4) is 0 Å². The van der Waals surface area contributed by atoms with Crippen LogP contribution in [-0.4, -0.2) is 35.0 Å². The number of aliphatic carboxylic acids is 1. The van der Waals surface area contributed by atoms with Gasteiger partial charge in [0.15, 0.2) is 0 Å².